The largest absolute Gasteiger partial charge is 0.379 e. The number of carbonyl (C=O) groups excluding carboxylic acids is 1. The number of hydrogen-bond donors (Lipinski definition) is 1. The zero-order valence-corrected chi connectivity index (χ0v) is 13.2. The minimum Gasteiger partial charge on any atom is -0.379 e. The maximum atomic E-state index is 12.2. The Morgan fingerprint density at radius 1 is 1.05 bits per heavy atom. The lowest BCUT2D eigenvalue weighted by Gasteiger charge is -2.08. The molecule has 6 heteroatoms. The highest BCUT2D eigenvalue weighted by Gasteiger charge is 2.16. The van der Waals surface area contributed by atoms with Gasteiger partial charge in [0.1, 0.15) is 10.6 Å². The minimum absolute atomic E-state index is 0.0302. The molecular formula is C16H17NO4S. The van der Waals surface area contributed by atoms with Crippen LogP contribution in [0.25, 0.3) is 0 Å². The van der Waals surface area contributed by atoms with Crippen LogP contribution < -0.4 is 9.50 Å². The van der Waals surface area contributed by atoms with Gasteiger partial charge in [0, 0.05) is 12.1 Å². The van der Waals surface area contributed by atoms with Crippen LogP contribution in [0.15, 0.2) is 53.4 Å². The van der Waals surface area contributed by atoms with Crippen molar-refractivity contribution in [3.8, 4) is 5.75 Å². The second kappa shape index (κ2) is 6.62. The molecule has 2 aromatic rings. The van der Waals surface area contributed by atoms with Crippen molar-refractivity contribution in [2.24, 2.45) is 0 Å². The molecule has 0 atom stereocenters. The highest BCUT2D eigenvalue weighted by molar-refractivity contribution is 7.87. The topological polar surface area (TPSA) is 72.5 Å². The van der Waals surface area contributed by atoms with Crippen molar-refractivity contribution in [1.82, 2.24) is 0 Å². The highest BCUT2D eigenvalue weighted by Crippen LogP contribution is 2.20. The Bertz CT molecular complexity index is 750. The Balaban J connectivity index is 2.15. The van der Waals surface area contributed by atoms with E-state index in [1.807, 2.05) is 6.92 Å². The quantitative estimate of drug-likeness (QED) is 0.860. The van der Waals surface area contributed by atoms with Crippen molar-refractivity contribution in [3.05, 3.63) is 54.1 Å². The molecule has 2 aromatic carbocycles. The van der Waals surface area contributed by atoms with Crippen molar-refractivity contribution < 1.29 is 17.4 Å². The van der Waals surface area contributed by atoms with E-state index in [0.717, 1.165) is 5.56 Å². The lowest BCUT2D eigenvalue weighted by molar-refractivity contribution is -0.115. The summed E-state index contributed by atoms with van der Waals surface area (Å²) in [6.07, 6.45) is 0.358. The predicted octanol–water partition coefficient (Wildman–Crippen LogP) is 3.11. The number of aryl methyl sites for hydroxylation is 1. The molecule has 0 bridgehead atoms. The number of anilines is 1. The predicted molar refractivity (Wildman–Crippen MR) is 84.4 cm³/mol. The van der Waals surface area contributed by atoms with Crippen molar-refractivity contribution in [2.45, 2.75) is 25.2 Å². The summed E-state index contributed by atoms with van der Waals surface area (Å²) in [5.41, 5.74) is 1.56. The third kappa shape index (κ3) is 4.08. The van der Waals surface area contributed by atoms with Gasteiger partial charge in [0.15, 0.2) is 0 Å². The highest BCUT2D eigenvalue weighted by atomic mass is 32.2. The molecule has 22 heavy (non-hydrogen) atoms. The fourth-order valence-corrected chi connectivity index (χ4v) is 2.65. The number of benzene rings is 2. The van der Waals surface area contributed by atoms with Gasteiger partial charge in [0.25, 0.3) is 0 Å². The molecule has 1 N–H and O–H groups in total. The molecule has 0 aromatic heterocycles. The monoisotopic (exact) mass is 319 g/mol. The van der Waals surface area contributed by atoms with Gasteiger partial charge in [0.05, 0.1) is 0 Å². The van der Waals surface area contributed by atoms with Crippen LogP contribution >= 0.6 is 0 Å². The standard InChI is InChI=1S/C16H17NO4S/c1-3-16(18)17-13-6-10-15(11-7-13)22(19,20)21-14-8-4-12(2)5-9-14/h4-11H,3H2,1-2H3,(H,17,18). The van der Waals surface area contributed by atoms with Gasteiger partial charge >= 0.3 is 10.1 Å². The van der Waals surface area contributed by atoms with Gasteiger partial charge in [-0.05, 0) is 43.3 Å². The van der Waals surface area contributed by atoms with Gasteiger partial charge in [-0.15, -0.1) is 0 Å². The maximum absolute atomic E-state index is 12.2. The average Bonchev–Trinajstić information content (AvgIpc) is 2.50. The Morgan fingerprint density at radius 3 is 2.18 bits per heavy atom. The fourth-order valence-electron chi connectivity index (χ4n) is 1.72. The zero-order valence-electron chi connectivity index (χ0n) is 12.4. The number of nitrogens with one attached hydrogen (secondary N) is 1. The number of amides is 1. The van der Waals surface area contributed by atoms with Crippen LogP contribution in [0, 0.1) is 6.92 Å². The van der Waals surface area contributed by atoms with E-state index in [9.17, 15) is 13.2 Å². The van der Waals surface area contributed by atoms with Crippen LogP contribution in [0.4, 0.5) is 5.69 Å². The van der Waals surface area contributed by atoms with Gasteiger partial charge in [0.2, 0.25) is 5.91 Å². The first kappa shape index (κ1) is 16.0. The molecule has 116 valence electrons. The Morgan fingerprint density at radius 2 is 1.64 bits per heavy atom. The third-order valence-electron chi connectivity index (χ3n) is 2.97. The maximum Gasteiger partial charge on any atom is 0.339 e. The molecule has 0 aliphatic carbocycles. The molecule has 0 aliphatic rings. The summed E-state index contributed by atoms with van der Waals surface area (Å²) in [5.74, 6) is 0.125. The first-order chi connectivity index (χ1) is 10.4. The van der Waals surface area contributed by atoms with Crippen LogP contribution in [0.3, 0.4) is 0 Å². The van der Waals surface area contributed by atoms with E-state index in [1.165, 1.54) is 24.3 Å². The summed E-state index contributed by atoms with van der Waals surface area (Å²) in [7, 11) is -3.89. The summed E-state index contributed by atoms with van der Waals surface area (Å²) in [5, 5.41) is 2.65. The van der Waals surface area contributed by atoms with Gasteiger partial charge in [-0.2, -0.15) is 8.42 Å². The molecule has 0 heterocycles. The molecule has 0 fully saturated rings. The first-order valence-electron chi connectivity index (χ1n) is 6.82. The van der Waals surface area contributed by atoms with E-state index >= 15 is 0 Å². The minimum atomic E-state index is -3.89. The molecule has 5 nitrogen and oxygen atoms in total. The molecule has 2 rings (SSSR count). The Kier molecular flexibility index (Phi) is 4.82. The Hall–Kier alpha value is -2.34. The average molecular weight is 319 g/mol. The van der Waals surface area contributed by atoms with Crippen LogP contribution in [-0.4, -0.2) is 14.3 Å². The lowest BCUT2D eigenvalue weighted by Crippen LogP contribution is -2.11. The van der Waals surface area contributed by atoms with Gasteiger partial charge in [-0.3, -0.25) is 4.79 Å². The van der Waals surface area contributed by atoms with Crippen LogP contribution in [0.2, 0.25) is 0 Å². The molecule has 0 spiro atoms. The van der Waals surface area contributed by atoms with Crippen molar-refractivity contribution in [1.29, 1.82) is 0 Å². The first-order valence-corrected chi connectivity index (χ1v) is 8.22. The zero-order chi connectivity index (χ0) is 16.2. The molecule has 1 amide bonds. The van der Waals surface area contributed by atoms with Gasteiger partial charge in [-0.1, -0.05) is 24.6 Å². The summed E-state index contributed by atoms with van der Waals surface area (Å²) in [6.45, 7) is 3.64. The van der Waals surface area contributed by atoms with E-state index in [1.54, 1.807) is 31.2 Å². The fraction of sp³-hybridized carbons (Fsp3) is 0.188. The third-order valence-corrected chi connectivity index (χ3v) is 4.24. The van der Waals surface area contributed by atoms with E-state index < -0.39 is 10.1 Å². The molecule has 0 radical (unpaired) electrons. The van der Waals surface area contributed by atoms with Crippen molar-refractivity contribution in [2.75, 3.05) is 5.32 Å². The van der Waals surface area contributed by atoms with Crippen molar-refractivity contribution >= 4 is 21.7 Å². The van der Waals surface area contributed by atoms with E-state index in [2.05, 4.69) is 5.32 Å². The second-order valence-electron chi connectivity index (χ2n) is 4.78. The summed E-state index contributed by atoms with van der Waals surface area (Å²) < 4.78 is 29.4. The molecule has 0 saturated carbocycles. The lowest BCUT2D eigenvalue weighted by atomic mass is 10.2. The van der Waals surface area contributed by atoms with E-state index in [-0.39, 0.29) is 16.6 Å². The molecule has 0 aliphatic heterocycles. The summed E-state index contributed by atoms with van der Waals surface area (Å²) >= 11 is 0. The SMILES string of the molecule is CCC(=O)Nc1ccc(S(=O)(=O)Oc2ccc(C)cc2)cc1. The van der Waals surface area contributed by atoms with Gasteiger partial charge in [-0.25, -0.2) is 0 Å². The molecular weight excluding hydrogens is 302 g/mol. The van der Waals surface area contributed by atoms with E-state index in [0.29, 0.717) is 12.1 Å². The normalized spacial score (nSPS) is 11.0. The molecule has 0 saturated heterocycles. The summed E-state index contributed by atoms with van der Waals surface area (Å²) in [4.78, 5) is 11.3. The Labute approximate surface area is 130 Å². The number of rotatable bonds is 5. The smallest absolute Gasteiger partial charge is 0.339 e. The van der Waals surface area contributed by atoms with Crippen molar-refractivity contribution in [3.63, 3.8) is 0 Å². The van der Waals surface area contributed by atoms with Gasteiger partial charge < -0.3 is 9.50 Å². The van der Waals surface area contributed by atoms with Crippen LogP contribution in [0.1, 0.15) is 18.9 Å². The summed E-state index contributed by atoms with van der Waals surface area (Å²) in [6, 6.07) is 12.6. The van der Waals surface area contributed by atoms with Crippen LogP contribution in [0.5, 0.6) is 5.75 Å². The van der Waals surface area contributed by atoms with E-state index in [4.69, 9.17) is 4.18 Å². The number of carbonyl (C=O) groups is 1. The second-order valence-corrected chi connectivity index (χ2v) is 6.32. The molecule has 0 unspecified atom stereocenters. The number of hydrogen-bond acceptors (Lipinski definition) is 4. The van der Waals surface area contributed by atoms with Crippen LogP contribution in [-0.2, 0) is 14.9 Å².